The summed E-state index contributed by atoms with van der Waals surface area (Å²) < 4.78 is 10.2. The second-order valence-electron chi connectivity index (χ2n) is 8.23. The maximum atomic E-state index is 12.4. The van der Waals surface area contributed by atoms with E-state index in [0.29, 0.717) is 5.56 Å². The third kappa shape index (κ3) is 6.18. The fourth-order valence-corrected chi connectivity index (χ4v) is 3.69. The number of carbonyl (C=O) groups is 3. The monoisotopic (exact) mass is 516 g/mol. The minimum Gasteiger partial charge on any atom is -0.504 e. The highest BCUT2D eigenvalue weighted by Crippen LogP contribution is 2.35. The van der Waals surface area contributed by atoms with Crippen molar-refractivity contribution in [1.82, 2.24) is 0 Å². The van der Waals surface area contributed by atoms with Crippen LogP contribution in [0, 0.1) is 0 Å². The van der Waals surface area contributed by atoms with Crippen LogP contribution in [0.1, 0.15) is 24.0 Å². The summed E-state index contributed by atoms with van der Waals surface area (Å²) in [6.07, 6.45) is -2.04. The number of aliphatic hydroxyl groups excluding tert-OH is 2. The summed E-state index contributed by atoms with van der Waals surface area (Å²) >= 11 is 0. The van der Waals surface area contributed by atoms with E-state index in [1.165, 1.54) is 36.4 Å². The van der Waals surface area contributed by atoms with Crippen LogP contribution in [0.5, 0.6) is 23.0 Å². The lowest BCUT2D eigenvalue weighted by Gasteiger charge is -2.42. The van der Waals surface area contributed by atoms with Crippen LogP contribution in [-0.4, -0.2) is 77.6 Å². The molecule has 196 valence electrons. The molecule has 1 fully saturated rings. The quantitative estimate of drug-likeness (QED) is 0.156. The molecule has 0 bridgehead atoms. The van der Waals surface area contributed by atoms with Crippen LogP contribution in [0.3, 0.4) is 0 Å². The van der Waals surface area contributed by atoms with Crippen LogP contribution in [0.4, 0.5) is 0 Å². The molecular formula is C25H24O12. The second kappa shape index (κ2) is 11.0. The lowest BCUT2D eigenvalue weighted by Crippen LogP contribution is -2.64. The first-order chi connectivity index (χ1) is 17.4. The van der Waals surface area contributed by atoms with E-state index >= 15 is 0 Å². The Hall–Kier alpha value is -4.55. The van der Waals surface area contributed by atoms with Gasteiger partial charge in [-0.2, -0.15) is 0 Å². The van der Waals surface area contributed by atoms with Gasteiger partial charge < -0.3 is 45.2 Å². The highest BCUT2D eigenvalue weighted by atomic mass is 16.6. The maximum Gasteiger partial charge on any atom is 0.351 e. The summed E-state index contributed by atoms with van der Waals surface area (Å²) in [6, 6.07) is 7.39. The number of aromatic hydroxyl groups is 4. The van der Waals surface area contributed by atoms with Crippen molar-refractivity contribution in [3.63, 3.8) is 0 Å². The first-order valence-electron chi connectivity index (χ1n) is 10.9. The molecule has 4 atom stereocenters. The average Bonchev–Trinajstić information content (AvgIpc) is 2.85. The predicted octanol–water partition coefficient (Wildman–Crippen LogP) is 1.03. The number of esters is 2. The number of ether oxygens (including phenoxy) is 2. The molecule has 0 radical (unpaired) electrons. The first kappa shape index (κ1) is 27.0. The minimum absolute atomic E-state index is 0.275. The maximum absolute atomic E-state index is 12.4. The Kier molecular flexibility index (Phi) is 8.05. The number of hydrogen-bond acceptors (Lipinski definition) is 11. The van der Waals surface area contributed by atoms with Gasteiger partial charge in [-0.3, -0.25) is 0 Å². The number of aliphatic carboxylic acids is 1. The summed E-state index contributed by atoms with van der Waals surface area (Å²) in [4.78, 5) is 36.8. The number of rotatable bonds is 7. The molecule has 12 heteroatoms. The highest BCUT2D eigenvalue weighted by Gasteiger charge is 2.58. The van der Waals surface area contributed by atoms with Gasteiger partial charge in [0.25, 0.3) is 0 Å². The lowest BCUT2D eigenvalue weighted by molar-refractivity contribution is -0.224. The number of carbonyl (C=O) groups excluding carboxylic acids is 2. The lowest BCUT2D eigenvalue weighted by atomic mass is 9.78. The van der Waals surface area contributed by atoms with Gasteiger partial charge in [0.15, 0.2) is 29.1 Å². The summed E-state index contributed by atoms with van der Waals surface area (Å²) in [5.74, 6) is -5.62. The molecule has 1 aliphatic rings. The van der Waals surface area contributed by atoms with Crippen molar-refractivity contribution >= 4 is 30.1 Å². The molecule has 0 spiro atoms. The molecule has 0 aromatic heterocycles. The molecule has 0 aliphatic heterocycles. The number of carboxylic acids is 1. The Morgan fingerprint density at radius 3 is 1.81 bits per heavy atom. The number of phenolic OH excluding ortho intramolecular Hbond substituents is 4. The van der Waals surface area contributed by atoms with Gasteiger partial charge in [-0.05, 0) is 54.0 Å². The zero-order valence-electron chi connectivity index (χ0n) is 19.1. The summed E-state index contributed by atoms with van der Waals surface area (Å²) in [6.45, 7) is 0. The van der Waals surface area contributed by atoms with Crippen LogP contribution in [-0.2, 0) is 23.9 Å². The number of carboxylic acid groups (broad SMARTS) is 1. The third-order valence-corrected chi connectivity index (χ3v) is 5.70. The Morgan fingerprint density at radius 1 is 0.811 bits per heavy atom. The second-order valence-corrected chi connectivity index (χ2v) is 8.23. The van der Waals surface area contributed by atoms with Gasteiger partial charge in [0.2, 0.25) is 5.60 Å². The molecule has 0 unspecified atom stereocenters. The minimum atomic E-state index is -2.55. The molecule has 0 heterocycles. The van der Waals surface area contributed by atoms with E-state index in [1.54, 1.807) is 0 Å². The molecule has 2 aromatic rings. The predicted molar refractivity (Wildman–Crippen MR) is 125 cm³/mol. The number of phenols is 4. The molecule has 37 heavy (non-hydrogen) atoms. The molecular weight excluding hydrogens is 492 g/mol. The summed E-state index contributed by atoms with van der Waals surface area (Å²) in [5, 5.41) is 68.5. The summed E-state index contributed by atoms with van der Waals surface area (Å²) in [7, 11) is 0. The van der Waals surface area contributed by atoms with E-state index in [-0.39, 0.29) is 23.5 Å². The standard InChI is InChI=1S/C25H24O12/c26-15-5-1-13(11-18(15)29)3-7-20(31)36-22-17(28)9-10-25(23(22)33,24(34)35)37-21(32)8-4-14-2-6-16(27)19(30)12-14/h1-8,11-12,17,22-23,26-30,33H,9-10H2,(H,34,35)/b7-3+,8-4+/t17-,22+,23+,25+/m0/s1. The van der Waals surface area contributed by atoms with Crippen molar-refractivity contribution < 1.29 is 59.6 Å². The van der Waals surface area contributed by atoms with Crippen molar-refractivity contribution in [2.24, 2.45) is 0 Å². The van der Waals surface area contributed by atoms with Gasteiger partial charge in [-0.25, -0.2) is 14.4 Å². The number of benzene rings is 2. The van der Waals surface area contributed by atoms with Crippen molar-refractivity contribution in [2.75, 3.05) is 0 Å². The molecule has 1 saturated carbocycles. The molecule has 3 rings (SSSR count). The molecule has 7 N–H and O–H groups in total. The van der Waals surface area contributed by atoms with E-state index in [9.17, 15) is 50.1 Å². The Morgan fingerprint density at radius 2 is 1.32 bits per heavy atom. The topological polar surface area (TPSA) is 211 Å². The van der Waals surface area contributed by atoms with E-state index in [1.807, 2.05) is 0 Å². The molecule has 1 aliphatic carbocycles. The third-order valence-electron chi connectivity index (χ3n) is 5.70. The number of aliphatic hydroxyl groups is 2. The van der Waals surface area contributed by atoms with E-state index in [4.69, 9.17) is 9.47 Å². The van der Waals surface area contributed by atoms with Crippen molar-refractivity contribution in [2.45, 2.75) is 36.8 Å². The van der Waals surface area contributed by atoms with Gasteiger partial charge >= 0.3 is 17.9 Å². The first-order valence-corrected chi connectivity index (χ1v) is 10.9. The fraction of sp³-hybridized carbons (Fsp3) is 0.240. The van der Waals surface area contributed by atoms with E-state index in [0.717, 1.165) is 24.3 Å². The molecule has 12 nitrogen and oxygen atoms in total. The zero-order valence-corrected chi connectivity index (χ0v) is 19.1. The molecule has 0 saturated heterocycles. The molecule has 2 aromatic carbocycles. The van der Waals surface area contributed by atoms with Gasteiger partial charge in [0, 0.05) is 18.6 Å². The summed E-state index contributed by atoms with van der Waals surface area (Å²) in [5.41, 5.74) is -1.97. The van der Waals surface area contributed by atoms with Crippen molar-refractivity contribution in [3.8, 4) is 23.0 Å². The van der Waals surface area contributed by atoms with E-state index in [2.05, 4.69) is 0 Å². The van der Waals surface area contributed by atoms with Crippen LogP contribution < -0.4 is 0 Å². The van der Waals surface area contributed by atoms with Gasteiger partial charge in [-0.15, -0.1) is 0 Å². The van der Waals surface area contributed by atoms with Crippen molar-refractivity contribution in [3.05, 3.63) is 59.7 Å². The SMILES string of the molecule is O=C(/C=C/c1ccc(O)c(O)c1)O[C@H]1[C@@H](O)[C@@](OC(=O)/C=C/c2ccc(O)c(O)c2)(C(=O)O)CC[C@@H]1O. The largest absolute Gasteiger partial charge is 0.504 e. The van der Waals surface area contributed by atoms with Gasteiger partial charge in [0.05, 0.1) is 6.10 Å². The van der Waals surface area contributed by atoms with Crippen LogP contribution in [0.2, 0.25) is 0 Å². The Bertz CT molecular complexity index is 1250. The van der Waals surface area contributed by atoms with Crippen molar-refractivity contribution in [1.29, 1.82) is 0 Å². The Balaban J connectivity index is 1.74. The van der Waals surface area contributed by atoms with Gasteiger partial charge in [-0.1, -0.05) is 12.1 Å². The van der Waals surface area contributed by atoms with E-state index < -0.39 is 59.7 Å². The number of hydrogen-bond donors (Lipinski definition) is 7. The highest BCUT2D eigenvalue weighted by molar-refractivity contribution is 5.91. The smallest absolute Gasteiger partial charge is 0.351 e. The van der Waals surface area contributed by atoms with Crippen LogP contribution >= 0.6 is 0 Å². The van der Waals surface area contributed by atoms with Gasteiger partial charge in [0.1, 0.15) is 6.10 Å². The average molecular weight is 516 g/mol. The fourth-order valence-electron chi connectivity index (χ4n) is 3.69. The van der Waals surface area contributed by atoms with Crippen LogP contribution in [0.15, 0.2) is 48.6 Å². The normalized spacial score (nSPS) is 23.7. The Labute approximate surface area is 209 Å². The molecule has 0 amide bonds. The zero-order chi connectivity index (χ0) is 27.3. The van der Waals surface area contributed by atoms with Crippen LogP contribution in [0.25, 0.3) is 12.2 Å².